The first-order valence-corrected chi connectivity index (χ1v) is 7.87. The van der Waals surface area contributed by atoms with E-state index in [9.17, 15) is 22.8 Å². The first-order valence-electron chi connectivity index (χ1n) is 7.87. The normalized spacial score (nSPS) is 20.7. The van der Waals surface area contributed by atoms with Gasteiger partial charge in [-0.1, -0.05) is 13.8 Å². The Hall–Kier alpha value is -1.47. The van der Waals surface area contributed by atoms with Crippen molar-refractivity contribution in [2.24, 2.45) is 11.8 Å². The standard InChI is InChI=1S/C15H26F3N3O2/c1-10(2)12(22)19-7-5-8-20-13(23)21-9-6-11(14(21,3)4)15(16,17)18/h10-11H,5-9H2,1-4H3,(H,19,22)(H,20,23). The SMILES string of the molecule is CC(C)C(=O)NCCCNC(=O)N1CCC(C(F)(F)F)C1(C)C. The van der Waals surface area contributed by atoms with E-state index in [4.69, 9.17) is 0 Å². The highest BCUT2D eigenvalue weighted by Gasteiger charge is 2.56. The lowest BCUT2D eigenvalue weighted by molar-refractivity contribution is -0.189. The molecule has 1 unspecified atom stereocenters. The van der Waals surface area contributed by atoms with E-state index in [0.29, 0.717) is 19.5 Å². The summed E-state index contributed by atoms with van der Waals surface area (Å²) in [6.07, 6.45) is -3.85. The fraction of sp³-hybridized carbons (Fsp3) is 0.867. The number of alkyl halides is 3. The van der Waals surface area contributed by atoms with Crippen LogP contribution in [0.5, 0.6) is 0 Å². The van der Waals surface area contributed by atoms with E-state index in [0.717, 1.165) is 0 Å². The minimum atomic E-state index is -4.31. The number of rotatable bonds is 5. The Labute approximate surface area is 135 Å². The molecule has 1 saturated heterocycles. The average molecular weight is 337 g/mol. The van der Waals surface area contributed by atoms with Gasteiger partial charge in [0, 0.05) is 25.6 Å². The lowest BCUT2D eigenvalue weighted by Crippen LogP contribution is -2.53. The zero-order valence-electron chi connectivity index (χ0n) is 14.1. The summed E-state index contributed by atoms with van der Waals surface area (Å²) in [4.78, 5) is 24.7. The lowest BCUT2D eigenvalue weighted by Gasteiger charge is -2.36. The molecule has 8 heteroatoms. The maximum Gasteiger partial charge on any atom is 0.394 e. The molecule has 5 nitrogen and oxygen atoms in total. The number of nitrogens with zero attached hydrogens (tertiary/aromatic N) is 1. The third kappa shape index (κ3) is 5.00. The van der Waals surface area contributed by atoms with Gasteiger partial charge in [0.15, 0.2) is 0 Å². The molecule has 1 aliphatic heterocycles. The Balaban J connectivity index is 2.40. The van der Waals surface area contributed by atoms with Crippen LogP contribution in [0, 0.1) is 11.8 Å². The fourth-order valence-electron chi connectivity index (χ4n) is 2.81. The quantitative estimate of drug-likeness (QED) is 0.757. The first-order chi connectivity index (χ1) is 10.5. The zero-order valence-corrected chi connectivity index (χ0v) is 14.1. The number of hydrogen-bond acceptors (Lipinski definition) is 2. The van der Waals surface area contributed by atoms with Crippen LogP contribution in [-0.4, -0.2) is 48.2 Å². The molecule has 0 spiro atoms. The summed E-state index contributed by atoms with van der Waals surface area (Å²) in [6.45, 7) is 7.27. The second kappa shape index (κ2) is 7.40. The summed E-state index contributed by atoms with van der Waals surface area (Å²) in [5.74, 6) is -1.68. The Morgan fingerprint density at radius 1 is 1.22 bits per heavy atom. The van der Waals surface area contributed by atoms with Crippen LogP contribution in [-0.2, 0) is 4.79 Å². The van der Waals surface area contributed by atoms with E-state index in [1.54, 1.807) is 13.8 Å². The average Bonchev–Trinajstić information content (AvgIpc) is 2.72. The number of halogens is 3. The number of carbonyl (C=O) groups is 2. The molecule has 1 rings (SSSR count). The molecule has 3 amide bonds. The number of likely N-dealkylation sites (tertiary alicyclic amines) is 1. The minimum Gasteiger partial charge on any atom is -0.356 e. The van der Waals surface area contributed by atoms with Gasteiger partial charge in [0.05, 0.1) is 11.5 Å². The highest BCUT2D eigenvalue weighted by molar-refractivity contribution is 5.77. The lowest BCUT2D eigenvalue weighted by atomic mass is 9.88. The molecule has 1 aliphatic rings. The van der Waals surface area contributed by atoms with Crippen molar-refractivity contribution < 1.29 is 22.8 Å². The smallest absolute Gasteiger partial charge is 0.356 e. The number of carbonyl (C=O) groups excluding carboxylic acids is 2. The maximum atomic E-state index is 13.0. The molecular weight excluding hydrogens is 311 g/mol. The van der Waals surface area contributed by atoms with Crippen LogP contribution in [0.25, 0.3) is 0 Å². The number of nitrogens with one attached hydrogen (secondary N) is 2. The molecule has 134 valence electrons. The van der Waals surface area contributed by atoms with Crippen molar-refractivity contribution >= 4 is 11.9 Å². The summed E-state index contributed by atoms with van der Waals surface area (Å²) < 4.78 is 39.0. The molecule has 0 aliphatic carbocycles. The first kappa shape index (κ1) is 19.6. The second-order valence-electron chi connectivity index (χ2n) is 6.72. The van der Waals surface area contributed by atoms with Crippen molar-refractivity contribution in [1.82, 2.24) is 15.5 Å². The van der Waals surface area contributed by atoms with E-state index in [-0.39, 0.29) is 24.8 Å². The summed E-state index contributed by atoms with van der Waals surface area (Å²) in [7, 11) is 0. The predicted octanol–water partition coefficient (Wildman–Crippen LogP) is 2.52. The van der Waals surface area contributed by atoms with Crippen molar-refractivity contribution in [3.63, 3.8) is 0 Å². The minimum absolute atomic E-state index is 0.0648. The Morgan fingerprint density at radius 3 is 2.26 bits per heavy atom. The van der Waals surface area contributed by atoms with Gasteiger partial charge in [0.1, 0.15) is 0 Å². The molecule has 0 saturated carbocycles. The third-order valence-electron chi connectivity index (χ3n) is 4.28. The van der Waals surface area contributed by atoms with Crippen LogP contribution in [0.1, 0.15) is 40.5 Å². The topological polar surface area (TPSA) is 61.4 Å². The molecule has 0 aromatic rings. The third-order valence-corrected chi connectivity index (χ3v) is 4.28. The molecule has 1 atom stereocenters. The van der Waals surface area contributed by atoms with Crippen molar-refractivity contribution in [2.75, 3.05) is 19.6 Å². The van der Waals surface area contributed by atoms with Gasteiger partial charge < -0.3 is 15.5 Å². The van der Waals surface area contributed by atoms with Gasteiger partial charge in [-0.2, -0.15) is 13.2 Å². The summed E-state index contributed by atoms with van der Waals surface area (Å²) in [5.41, 5.74) is -1.26. The monoisotopic (exact) mass is 337 g/mol. The van der Waals surface area contributed by atoms with Crippen LogP contribution < -0.4 is 10.6 Å². The van der Waals surface area contributed by atoms with Crippen LogP contribution >= 0.6 is 0 Å². The van der Waals surface area contributed by atoms with Crippen molar-refractivity contribution in [1.29, 1.82) is 0 Å². The largest absolute Gasteiger partial charge is 0.394 e. The number of urea groups is 1. The molecule has 23 heavy (non-hydrogen) atoms. The molecule has 1 heterocycles. The molecular formula is C15H26F3N3O2. The fourth-order valence-corrected chi connectivity index (χ4v) is 2.81. The molecule has 0 aromatic carbocycles. The van der Waals surface area contributed by atoms with Gasteiger partial charge in [-0.05, 0) is 26.7 Å². The van der Waals surface area contributed by atoms with Gasteiger partial charge in [-0.3, -0.25) is 4.79 Å². The van der Waals surface area contributed by atoms with Gasteiger partial charge >= 0.3 is 12.2 Å². The van der Waals surface area contributed by atoms with E-state index in [1.165, 1.54) is 18.7 Å². The highest BCUT2D eigenvalue weighted by Crippen LogP contribution is 2.44. The van der Waals surface area contributed by atoms with Gasteiger partial charge in [-0.15, -0.1) is 0 Å². The Bertz CT molecular complexity index is 436. The summed E-state index contributed by atoms with van der Waals surface area (Å²) in [5, 5.41) is 5.34. The van der Waals surface area contributed by atoms with E-state index >= 15 is 0 Å². The van der Waals surface area contributed by atoms with Crippen molar-refractivity contribution in [2.45, 2.75) is 52.3 Å². The summed E-state index contributed by atoms with van der Waals surface area (Å²) in [6, 6.07) is -0.489. The second-order valence-corrected chi connectivity index (χ2v) is 6.72. The van der Waals surface area contributed by atoms with Crippen molar-refractivity contribution in [3.8, 4) is 0 Å². The van der Waals surface area contributed by atoms with Gasteiger partial charge in [-0.25, -0.2) is 4.79 Å². The van der Waals surface area contributed by atoms with Gasteiger partial charge in [0.2, 0.25) is 5.91 Å². The summed E-state index contributed by atoms with van der Waals surface area (Å²) >= 11 is 0. The zero-order chi connectivity index (χ0) is 17.8. The molecule has 2 N–H and O–H groups in total. The molecule has 0 bridgehead atoms. The van der Waals surface area contributed by atoms with Crippen molar-refractivity contribution in [3.05, 3.63) is 0 Å². The highest BCUT2D eigenvalue weighted by atomic mass is 19.4. The predicted molar refractivity (Wildman–Crippen MR) is 80.8 cm³/mol. The van der Waals surface area contributed by atoms with E-state index in [1.807, 2.05) is 0 Å². The van der Waals surface area contributed by atoms with Crippen LogP contribution in [0.3, 0.4) is 0 Å². The van der Waals surface area contributed by atoms with Crippen LogP contribution in [0.15, 0.2) is 0 Å². The molecule has 0 aromatic heterocycles. The van der Waals surface area contributed by atoms with E-state index < -0.39 is 23.7 Å². The van der Waals surface area contributed by atoms with Crippen LogP contribution in [0.2, 0.25) is 0 Å². The Kier molecular flexibility index (Phi) is 6.30. The Morgan fingerprint density at radius 2 is 1.78 bits per heavy atom. The number of hydrogen-bond donors (Lipinski definition) is 2. The molecule has 1 fully saturated rings. The van der Waals surface area contributed by atoms with E-state index in [2.05, 4.69) is 10.6 Å². The maximum absolute atomic E-state index is 13.0. The van der Waals surface area contributed by atoms with Gasteiger partial charge in [0.25, 0.3) is 0 Å². The molecule has 0 radical (unpaired) electrons. The number of amides is 3. The van der Waals surface area contributed by atoms with Crippen LogP contribution in [0.4, 0.5) is 18.0 Å².